The fraction of sp³-hybridized carbons (Fsp3) is 0.722. The highest BCUT2D eigenvalue weighted by Crippen LogP contribution is 2.33. The Hall–Kier alpha value is -1.37. The molecule has 0 N–H and O–H groups in total. The van der Waals surface area contributed by atoms with Crippen molar-refractivity contribution in [3.05, 3.63) is 23.7 Å². The van der Waals surface area contributed by atoms with Gasteiger partial charge in [-0.15, -0.1) is 0 Å². The second-order valence-corrected chi connectivity index (χ2v) is 7.15. The number of nitrogens with zero attached hydrogens (tertiary/aromatic N) is 3. The number of carbonyl (C=O) groups excluding carboxylic acids is 1. The Morgan fingerprint density at radius 3 is 2.71 bits per heavy atom. The summed E-state index contributed by atoms with van der Waals surface area (Å²) in [5, 5.41) is 0. The molecular weight excluding hydrogens is 306 g/mol. The van der Waals surface area contributed by atoms with E-state index in [0.29, 0.717) is 24.4 Å². The van der Waals surface area contributed by atoms with Gasteiger partial charge in [0.25, 0.3) is 0 Å². The summed E-state index contributed by atoms with van der Waals surface area (Å²) in [5.74, 6) is 2.28. The van der Waals surface area contributed by atoms with E-state index >= 15 is 0 Å². The number of morpholine rings is 1. The van der Waals surface area contributed by atoms with E-state index in [4.69, 9.17) is 9.15 Å². The molecule has 3 saturated heterocycles. The maximum absolute atomic E-state index is 12.5. The van der Waals surface area contributed by atoms with Crippen LogP contribution in [0.1, 0.15) is 24.4 Å². The van der Waals surface area contributed by atoms with Gasteiger partial charge >= 0.3 is 0 Å². The van der Waals surface area contributed by atoms with Gasteiger partial charge in [-0.05, 0) is 25.5 Å². The van der Waals surface area contributed by atoms with Gasteiger partial charge in [-0.25, -0.2) is 0 Å². The third-order valence-corrected chi connectivity index (χ3v) is 5.65. The third-order valence-electron chi connectivity index (χ3n) is 5.65. The fourth-order valence-corrected chi connectivity index (χ4v) is 4.34. The van der Waals surface area contributed by atoms with Gasteiger partial charge in [0, 0.05) is 51.2 Å². The van der Waals surface area contributed by atoms with Gasteiger partial charge in [0.15, 0.2) is 0 Å². The van der Waals surface area contributed by atoms with Gasteiger partial charge in [0.05, 0.1) is 19.8 Å². The minimum atomic E-state index is 0.318. The molecule has 24 heavy (non-hydrogen) atoms. The van der Waals surface area contributed by atoms with E-state index in [0.717, 1.165) is 70.4 Å². The summed E-state index contributed by atoms with van der Waals surface area (Å²) in [6, 6.07) is 4.80. The fourth-order valence-electron chi connectivity index (χ4n) is 4.34. The Balaban J connectivity index is 1.34. The van der Waals surface area contributed by atoms with E-state index in [2.05, 4.69) is 20.8 Å². The van der Waals surface area contributed by atoms with Crippen LogP contribution in [0, 0.1) is 6.92 Å². The predicted octanol–water partition coefficient (Wildman–Crippen LogP) is 1.10. The molecule has 1 aromatic rings. The van der Waals surface area contributed by atoms with Crippen LogP contribution in [0.15, 0.2) is 16.5 Å². The van der Waals surface area contributed by atoms with Gasteiger partial charge in [0.1, 0.15) is 11.5 Å². The summed E-state index contributed by atoms with van der Waals surface area (Å²) >= 11 is 0. The van der Waals surface area contributed by atoms with Gasteiger partial charge in [-0.1, -0.05) is 0 Å². The molecule has 4 rings (SSSR count). The monoisotopic (exact) mass is 333 g/mol. The zero-order valence-corrected chi connectivity index (χ0v) is 14.4. The average molecular weight is 333 g/mol. The van der Waals surface area contributed by atoms with Crippen molar-refractivity contribution >= 4 is 5.91 Å². The highest BCUT2D eigenvalue weighted by Gasteiger charge is 2.46. The molecule has 0 bridgehead atoms. The van der Waals surface area contributed by atoms with Crippen molar-refractivity contribution in [1.82, 2.24) is 14.7 Å². The van der Waals surface area contributed by atoms with Crippen LogP contribution in [0.5, 0.6) is 0 Å². The van der Waals surface area contributed by atoms with Crippen molar-refractivity contribution in [3.8, 4) is 0 Å². The molecule has 1 aromatic heterocycles. The van der Waals surface area contributed by atoms with Crippen molar-refractivity contribution in [1.29, 1.82) is 0 Å². The molecule has 0 spiro atoms. The average Bonchev–Trinajstić information content (AvgIpc) is 3.24. The van der Waals surface area contributed by atoms with E-state index in [1.807, 2.05) is 13.0 Å². The highest BCUT2D eigenvalue weighted by molar-refractivity contribution is 5.80. The van der Waals surface area contributed by atoms with Crippen LogP contribution < -0.4 is 0 Å². The molecule has 2 atom stereocenters. The van der Waals surface area contributed by atoms with E-state index < -0.39 is 0 Å². The van der Waals surface area contributed by atoms with Crippen LogP contribution >= 0.6 is 0 Å². The van der Waals surface area contributed by atoms with Crippen molar-refractivity contribution in [2.45, 2.75) is 38.4 Å². The lowest BCUT2D eigenvalue weighted by molar-refractivity contribution is -0.129. The zero-order valence-electron chi connectivity index (χ0n) is 14.4. The van der Waals surface area contributed by atoms with Crippen LogP contribution in [0.3, 0.4) is 0 Å². The van der Waals surface area contributed by atoms with Crippen LogP contribution in [0.25, 0.3) is 0 Å². The van der Waals surface area contributed by atoms with Crippen molar-refractivity contribution in [2.24, 2.45) is 0 Å². The highest BCUT2D eigenvalue weighted by atomic mass is 16.5. The number of amides is 1. The molecule has 0 aliphatic carbocycles. The zero-order chi connectivity index (χ0) is 16.5. The maximum Gasteiger partial charge on any atom is 0.224 e. The van der Waals surface area contributed by atoms with Gasteiger partial charge in [-0.2, -0.15) is 0 Å². The molecule has 6 heteroatoms. The predicted molar refractivity (Wildman–Crippen MR) is 89.6 cm³/mol. The summed E-state index contributed by atoms with van der Waals surface area (Å²) in [6.07, 6.45) is 1.74. The summed E-state index contributed by atoms with van der Waals surface area (Å²) in [4.78, 5) is 19.5. The smallest absolute Gasteiger partial charge is 0.224 e. The number of rotatable bonds is 5. The first-order valence-corrected chi connectivity index (χ1v) is 9.09. The summed E-state index contributed by atoms with van der Waals surface area (Å²) < 4.78 is 11.1. The van der Waals surface area contributed by atoms with Crippen LogP contribution in [0.2, 0.25) is 0 Å². The minimum absolute atomic E-state index is 0.318. The number of aryl methyl sites for hydroxylation is 1. The van der Waals surface area contributed by atoms with Crippen LogP contribution in [-0.4, -0.2) is 78.6 Å². The van der Waals surface area contributed by atoms with E-state index in [1.54, 1.807) is 0 Å². The molecule has 0 radical (unpaired) electrons. The summed E-state index contributed by atoms with van der Waals surface area (Å²) in [6.45, 7) is 9.27. The molecule has 3 aliphatic rings. The molecular formula is C18H27N3O3. The second-order valence-electron chi connectivity index (χ2n) is 7.15. The number of furan rings is 1. The largest absolute Gasteiger partial charge is 0.465 e. The standard InChI is InChI=1S/C18H27N3O3/c1-14-2-3-15(24-14)13-20-5-4-16-17(20)12-18(22)21(16)7-6-19-8-10-23-11-9-19/h2-3,16-17H,4-13H2,1H3. The summed E-state index contributed by atoms with van der Waals surface area (Å²) in [5.41, 5.74) is 0. The SMILES string of the molecule is Cc1ccc(CN2CCC3C2CC(=O)N3CCN2CCOCC2)o1. The molecule has 4 heterocycles. The van der Waals surface area contributed by atoms with Gasteiger partial charge < -0.3 is 14.1 Å². The topological polar surface area (TPSA) is 49.2 Å². The lowest BCUT2D eigenvalue weighted by Crippen LogP contribution is -2.44. The van der Waals surface area contributed by atoms with E-state index in [9.17, 15) is 4.79 Å². The molecule has 2 unspecified atom stereocenters. The second kappa shape index (κ2) is 6.86. The van der Waals surface area contributed by atoms with Crippen LogP contribution in [-0.2, 0) is 16.1 Å². The van der Waals surface area contributed by atoms with Crippen molar-refractivity contribution in [2.75, 3.05) is 45.9 Å². The van der Waals surface area contributed by atoms with Crippen molar-refractivity contribution in [3.63, 3.8) is 0 Å². The Labute approximate surface area is 143 Å². The summed E-state index contributed by atoms with van der Waals surface area (Å²) in [7, 11) is 0. The Kier molecular flexibility index (Phi) is 4.61. The lowest BCUT2D eigenvalue weighted by atomic mass is 10.1. The Bertz CT molecular complexity index is 582. The number of hydrogen-bond acceptors (Lipinski definition) is 5. The van der Waals surface area contributed by atoms with Gasteiger partial charge in [0.2, 0.25) is 5.91 Å². The molecule has 1 amide bonds. The number of ether oxygens (including phenoxy) is 1. The number of hydrogen-bond donors (Lipinski definition) is 0. The Morgan fingerprint density at radius 2 is 1.96 bits per heavy atom. The number of carbonyl (C=O) groups is 1. The van der Waals surface area contributed by atoms with Crippen LogP contribution in [0.4, 0.5) is 0 Å². The first-order chi connectivity index (χ1) is 11.7. The van der Waals surface area contributed by atoms with E-state index in [-0.39, 0.29) is 0 Å². The third kappa shape index (κ3) is 3.23. The first kappa shape index (κ1) is 16.1. The molecule has 0 aromatic carbocycles. The molecule has 6 nitrogen and oxygen atoms in total. The number of likely N-dealkylation sites (tertiary alicyclic amines) is 2. The lowest BCUT2D eigenvalue weighted by Gasteiger charge is -2.30. The van der Waals surface area contributed by atoms with E-state index in [1.165, 1.54) is 0 Å². The molecule has 3 aliphatic heterocycles. The number of fused-ring (bicyclic) bond motifs is 1. The molecule has 3 fully saturated rings. The quantitative estimate of drug-likeness (QED) is 0.807. The first-order valence-electron chi connectivity index (χ1n) is 9.09. The maximum atomic E-state index is 12.5. The molecule has 0 saturated carbocycles. The minimum Gasteiger partial charge on any atom is -0.465 e. The van der Waals surface area contributed by atoms with Crippen molar-refractivity contribution < 1.29 is 13.9 Å². The Morgan fingerprint density at radius 1 is 1.12 bits per heavy atom. The molecule has 132 valence electrons. The normalized spacial score (nSPS) is 28.7. The van der Waals surface area contributed by atoms with Gasteiger partial charge in [-0.3, -0.25) is 14.6 Å².